The molecule has 174 valence electrons. The van der Waals surface area contributed by atoms with Gasteiger partial charge >= 0.3 is 0 Å². The Bertz CT molecular complexity index is 1090. The minimum atomic E-state index is -0.409. The number of ether oxygens (including phenoxy) is 2. The van der Waals surface area contributed by atoms with Gasteiger partial charge in [-0.15, -0.1) is 0 Å². The number of amides is 3. The molecule has 0 aromatic heterocycles. The first-order valence-electron chi connectivity index (χ1n) is 10.2. The maximum atomic E-state index is 13.0. The molecule has 1 heterocycles. The van der Waals surface area contributed by atoms with Gasteiger partial charge in [-0.3, -0.25) is 19.3 Å². The van der Waals surface area contributed by atoms with E-state index in [1.54, 1.807) is 18.2 Å². The van der Waals surface area contributed by atoms with Crippen LogP contribution in [0.3, 0.4) is 0 Å². The van der Waals surface area contributed by atoms with Crippen LogP contribution in [0.4, 0.5) is 14.9 Å². The zero-order valence-corrected chi connectivity index (χ0v) is 21.0. The SMILES string of the molecule is CCCN1C(=O)S/C(=C/c2cc(I)c(OCC(=O)Nc3ccc(F)cc3)c(OCC)c2)C1=O. The Morgan fingerprint density at radius 2 is 1.91 bits per heavy atom. The number of imide groups is 1. The highest BCUT2D eigenvalue weighted by Gasteiger charge is 2.34. The Morgan fingerprint density at radius 1 is 1.18 bits per heavy atom. The normalized spacial score (nSPS) is 14.7. The molecule has 33 heavy (non-hydrogen) atoms. The molecule has 7 nitrogen and oxygen atoms in total. The van der Waals surface area contributed by atoms with Crippen molar-refractivity contribution in [1.29, 1.82) is 0 Å². The fourth-order valence-electron chi connectivity index (χ4n) is 3.01. The van der Waals surface area contributed by atoms with E-state index in [4.69, 9.17) is 9.47 Å². The summed E-state index contributed by atoms with van der Waals surface area (Å²) in [6.07, 6.45) is 2.34. The van der Waals surface area contributed by atoms with Crippen LogP contribution >= 0.6 is 34.4 Å². The molecule has 0 saturated carbocycles. The fourth-order valence-corrected chi connectivity index (χ4v) is 4.66. The largest absolute Gasteiger partial charge is 0.490 e. The molecule has 10 heteroatoms. The van der Waals surface area contributed by atoms with Gasteiger partial charge in [0.1, 0.15) is 5.82 Å². The maximum absolute atomic E-state index is 13.0. The van der Waals surface area contributed by atoms with Crippen molar-refractivity contribution >= 4 is 63.2 Å². The predicted octanol–water partition coefficient (Wildman–Crippen LogP) is 5.29. The average molecular weight is 584 g/mol. The van der Waals surface area contributed by atoms with Crippen molar-refractivity contribution in [1.82, 2.24) is 4.90 Å². The lowest BCUT2D eigenvalue weighted by atomic mass is 10.2. The van der Waals surface area contributed by atoms with E-state index >= 15 is 0 Å². The van der Waals surface area contributed by atoms with E-state index in [1.165, 1.54) is 29.2 Å². The number of nitrogens with zero attached hydrogens (tertiary/aromatic N) is 1. The summed E-state index contributed by atoms with van der Waals surface area (Å²) in [5, 5.41) is 2.36. The molecule has 1 aliphatic rings. The van der Waals surface area contributed by atoms with Gasteiger partial charge in [-0.05, 0) is 95.7 Å². The smallest absolute Gasteiger partial charge is 0.293 e. The standard InChI is InChI=1S/C23H22FIN2O5S/c1-3-9-27-22(29)19(33-23(27)30)12-14-10-17(25)21(18(11-14)31-4-2)32-13-20(28)26-16-7-5-15(24)6-8-16/h5-8,10-12H,3-4,9,13H2,1-2H3,(H,26,28)/b19-12+. The molecule has 1 aliphatic heterocycles. The summed E-state index contributed by atoms with van der Waals surface area (Å²) in [4.78, 5) is 38.4. The molecule has 1 fully saturated rings. The van der Waals surface area contributed by atoms with Crippen LogP contribution in [-0.2, 0) is 9.59 Å². The van der Waals surface area contributed by atoms with Crippen molar-refractivity contribution in [2.45, 2.75) is 20.3 Å². The van der Waals surface area contributed by atoms with Gasteiger partial charge in [0.05, 0.1) is 15.1 Å². The third kappa shape index (κ3) is 6.47. The highest BCUT2D eigenvalue weighted by atomic mass is 127. The van der Waals surface area contributed by atoms with E-state index in [-0.39, 0.29) is 17.8 Å². The number of carbonyl (C=O) groups is 3. The summed E-state index contributed by atoms with van der Waals surface area (Å²) in [5.74, 6) is -0.303. The fraction of sp³-hybridized carbons (Fsp3) is 0.261. The van der Waals surface area contributed by atoms with Crippen LogP contribution in [-0.4, -0.2) is 41.7 Å². The third-order valence-corrected chi connectivity index (χ3v) is 6.13. The number of hydrogen-bond acceptors (Lipinski definition) is 6. The van der Waals surface area contributed by atoms with Gasteiger partial charge in [0, 0.05) is 12.2 Å². The first-order chi connectivity index (χ1) is 15.8. The van der Waals surface area contributed by atoms with E-state index in [0.717, 1.165) is 11.8 Å². The molecular weight excluding hydrogens is 562 g/mol. The number of benzene rings is 2. The monoisotopic (exact) mass is 584 g/mol. The van der Waals surface area contributed by atoms with Crippen molar-refractivity contribution in [3.05, 3.63) is 56.3 Å². The quantitative estimate of drug-likeness (QED) is 0.319. The Hall–Kier alpha value is -2.60. The zero-order valence-electron chi connectivity index (χ0n) is 18.0. The second kappa shape index (κ2) is 11.5. The summed E-state index contributed by atoms with van der Waals surface area (Å²) in [7, 11) is 0. The minimum Gasteiger partial charge on any atom is -0.490 e. The molecule has 2 aromatic carbocycles. The first kappa shape index (κ1) is 25.0. The second-order valence-electron chi connectivity index (χ2n) is 6.94. The van der Waals surface area contributed by atoms with Gasteiger partial charge in [-0.2, -0.15) is 0 Å². The number of nitrogens with one attached hydrogen (secondary N) is 1. The topological polar surface area (TPSA) is 84.9 Å². The Kier molecular flexibility index (Phi) is 8.73. The summed E-state index contributed by atoms with van der Waals surface area (Å²) in [6, 6.07) is 8.90. The molecule has 0 spiro atoms. The van der Waals surface area contributed by atoms with Crippen LogP contribution in [0.5, 0.6) is 11.5 Å². The van der Waals surface area contributed by atoms with Crippen molar-refractivity contribution in [3.63, 3.8) is 0 Å². The molecular formula is C23H22FIN2O5S. The number of thioether (sulfide) groups is 1. The summed E-state index contributed by atoms with van der Waals surface area (Å²) >= 11 is 2.97. The Morgan fingerprint density at radius 3 is 2.58 bits per heavy atom. The minimum absolute atomic E-state index is 0.275. The summed E-state index contributed by atoms with van der Waals surface area (Å²) in [5.41, 5.74) is 1.13. The molecule has 0 radical (unpaired) electrons. The predicted molar refractivity (Wildman–Crippen MR) is 134 cm³/mol. The number of carbonyl (C=O) groups excluding carboxylic acids is 3. The molecule has 0 atom stereocenters. The lowest BCUT2D eigenvalue weighted by Gasteiger charge is -2.15. The van der Waals surface area contributed by atoms with Gasteiger partial charge < -0.3 is 14.8 Å². The zero-order chi connectivity index (χ0) is 24.0. The number of anilines is 1. The molecule has 2 aromatic rings. The van der Waals surface area contributed by atoms with Crippen LogP contribution in [0.1, 0.15) is 25.8 Å². The van der Waals surface area contributed by atoms with Crippen molar-refractivity contribution in [2.24, 2.45) is 0 Å². The third-order valence-electron chi connectivity index (χ3n) is 4.43. The first-order valence-corrected chi connectivity index (χ1v) is 12.1. The molecule has 1 N–H and O–H groups in total. The van der Waals surface area contributed by atoms with E-state index in [1.807, 2.05) is 13.8 Å². The van der Waals surface area contributed by atoms with Crippen LogP contribution < -0.4 is 14.8 Å². The van der Waals surface area contributed by atoms with Crippen LogP contribution in [0.15, 0.2) is 41.3 Å². The number of hydrogen-bond donors (Lipinski definition) is 1. The maximum Gasteiger partial charge on any atom is 0.293 e. The Balaban J connectivity index is 1.75. The van der Waals surface area contributed by atoms with Crippen molar-refractivity contribution in [2.75, 3.05) is 25.1 Å². The van der Waals surface area contributed by atoms with Crippen LogP contribution in [0, 0.1) is 9.39 Å². The van der Waals surface area contributed by atoms with E-state index in [0.29, 0.717) is 50.8 Å². The van der Waals surface area contributed by atoms with Crippen molar-refractivity contribution < 1.29 is 28.2 Å². The lowest BCUT2D eigenvalue weighted by Crippen LogP contribution is -2.28. The molecule has 1 saturated heterocycles. The Labute approximate surface area is 208 Å². The lowest BCUT2D eigenvalue weighted by molar-refractivity contribution is -0.122. The van der Waals surface area contributed by atoms with Crippen molar-refractivity contribution in [3.8, 4) is 11.5 Å². The number of halogens is 2. The summed E-state index contributed by atoms with van der Waals surface area (Å²) < 4.78 is 25.1. The molecule has 3 amide bonds. The summed E-state index contributed by atoms with van der Waals surface area (Å²) in [6.45, 7) is 4.20. The van der Waals surface area contributed by atoms with E-state index in [2.05, 4.69) is 27.9 Å². The van der Waals surface area contributed by atoms with Gasteiger partial charge in [-0.1, -0.05) is 6.92 Å². The highest BCUT2D eigenvalue weighted by molar-refractivity contribution is 14.1. The number of rotatable bonds is 9. The highest BCUT2D eigenvalue weighted by Crippen LogP contribution is 2.37. The van der Waals surface area contributed by atoms with E-state index in [9.17, 15) is 18.8 Å². The molecule has 0 unspecified atom stereocenters. The van der Waals surface area contributed by atoms with Gasteiger partial charge in [-0.25, -0.2) is 4.39 Å². The average Bonchev–Trinajstić information content (AvgIpc) is 3.02. The van der Waals surface area contributed by atoms with Gasteiger partial charge in [0.25, 0.3) is 17.1 Å². The van der Waals surface area contributed by atoms with Gasteiger partial charge in [0.15, 0.2) is 18.1 Å². The van der Waals surface area contributed by atoms with E-state index < -0.39 is 11.7 Å². The van der Waals surface area contributed by atoms with Crippen LogP contribution in [0.25, 0.3) is 6.08 Å². The molecule has 0 bridgehead atoms. The second-order valence-corrected chi connectivity index (χ2v) is 9.10. The van der Waals surface area contributed by atoms with Gasteiger partial charge in [0.2, 0.25) is 0 Å². The van der Waals surface area contributed by atoms with Crippen LogP contribution in [0.2, 0.25) is 0 Å². The molecule has 3 rings (SSSR count). The molecule has 0 aliphatic carbocycles.